The summed E-state index contributed by atoms with van der Waals surface area (Å²) in [5.74, 6) is -0.0311. The van der Waals surface area contributed by atoms with Gasteiger partial charge in [0.25, 0.3) is 0 Å². The molecule has 1 aromatic heterocycles. The largest absolute Gasteiger partial charge is 0.360 e. The van der Waals surface area contributed by atoms with Gasteiger partial charge in [0, 0.05) is 11.9 Å². The lowest BCUT2D eigenvalue weighted by atomic mass is 10.0. The molecule has 0 unspecified atom stereocenters. The molecule has 0 saturated carbocycles. The molecule has 3 rings (SSSR count). The quantitative estimate of drug-likeness (QED) is 0.720. The van der Waals surface area contributed by atoms with Crippen molar-refractivity contribution in [3.8, 4) is 17.2 Å². The fourth-order valence-corrected chi connectivity index (χ4v) is 2.14. The van der Waals surface area contributed by atoms with Gasteiger partial charge in [-0.15, -0.1) is 10.2 Å². The monoisotopic (exact) mass is 320 g/mol. The lowest BCUT2D eigenvalue weighted by Gasteiger charge is -2.07. The van der Waals surface area contributed by atoms with E-state index < -0.39 is 0 Å². The van der Waals surface area contributed by atoms with Gasteiger partial charge in [0.2, 0.25) is 5.82 Å². The smallest absolute Gasteiger partial charge is 0.216 e. The number of benzene rings is 2. The van der Waals surface area contributed by atoms with E-state index >= 15 is 0 Å². The predicted octanol–water partition coefficient (Wildman–Crippen LogP) is 3.29. The lowest BCUT2D eigenvalue weighted by Crippen LogP contribution is -1.93. The Balaban J connectivity index is 1.85. The molecule has 0 atom stereocenters. The number of allylic oxidation sites excluding steroid dienone is 1. The van der Waals surface area contributed by atoms with E-state index in [1.54, 1.807) is 13.0 Å². The van der Waals surface area contributed by atoms with Gasteiger partial charge in [-0.2, -0.15) is 10.5 Å². The summed E-state index contributed by atoms with van der Waals surface area (Å²) in [5.41, 5.74) is 3.25. The normalized spacial score (nSPS) is 11.1. The molecule has 0 aliphatic heterocycles. The fraction of sp³-hybridized carbons (Fsp3) is 0.0588. The molecule has 0 spiro atoms. The fourth-order valence-electron chi connectivity index (χ4n) is 2.14. The summed E-state index contributed by atoms with van der Waals surface area (Å²) in [6, 6.07) is 14.6. The van der Waals surface area contributed by atoms with E-state index in [1.165, 1.54) is 12.3 Å². The Hall–Kier alpha value is -3.53. The SMILES string of the molecule is Cc1ccc(-c2cccc(NC=C(C#N)c3nn[nH]n3)c2)cc1F. The summed E-state index contributed by atoms with van der Waals surface area (Å²) >= 11 is 0. The van der Waals surface area contributed by atoms with E-state index in [0.717, 1.165) is 16.8 Å². The maximum absolute atomic E-state index is 13.7. The number of hydrogen-bond acceptors (Lipinski definition) is 5. The number of nitriles is 1. The molecule has 0 fully saturated rings. The van der Waals surface area contributed by atoms with Crippen LogP contribution in [-0.2, 0) is 0 Å². The molecule has 6 nitrogen and oxygen atoms in total. The second kappa shape index (κ2) is 6.71. The first-order valence-electron chi connectivity index (χ1n) is 7.14. The average molecular weight is 320 g/mol. The zero-order valence-corrected chi connectivity index (χ0v) is 12.8. The van der Waals surface area contributed by atoms with Crippen molar-refractivity contribution in [3.63, 3.8) is 0 Å². The van der Waals surface area contributed by atoms with Gasteiger partial charge >= 0.3 is 0 Å². The lowest BCUT2D eigenvalue weighted by molar-refractivity contribution is 0.619. The number of nitrogens with one attached hydrogen (secondary N) is 2. The maximum atomic E-state index is 13.7. The van der Waals surface area contributed by atoms with Crippen molar-refractivity contribution in [2.75, 3.05) is 5.32 Å². The van der Waals surface area contributed by atoms with Crippen LogP contribution in [0.1, 0.15) is 11.4 Å². The van der Waals surface area contributed by atoms with Crippen LogP contribution in [0.2, 0.25) is 0 Å². The molecule has 0 radical (unpaired) electrons. The van der Waals surface area contributed by atoms with Crippen LogP contribution >= 0.6 is 0 Å². The molecule has 0 amide bonds. The van der Waals surface area contributed by atoms with Crippen LogP contribution in [0.15, 0.2) is 48.7 Å². The Morgan fingerprint density at radius 3 is 2.79 bits per heavy atom. The molecular weight excluding hydrogens is 307 g/mol. The van der Waals surface area contributed by atoms with Gasteiger partial charge in [0.1, 0.15) is 17.5 Å². The molecule has 0 aliphatic rings. The van der Waals surface area contributed by atoms with Crippen molar-refractivity contribution in [3.05, 3.63) is 65.9 Å². The highest BCUT2D eigenvalue weighted by molar-refractivity contribution is 5.75. The summed E-state index contributed by atoms with van der Waals surface area (Å²) in [6.07, 6.45) is 1.50. The van der Waals surface area contributed by atoms with Crippen molar-refractivity contribution in [2.24, 2.45) is 0 Å². The van der Waals surface area contributed by atoms with Crippen LogP contribution < -0.4 is 5.32 Å². The molecule has 0 saturated heterocycles. The van der Waals surface area contributed by atoms with Gasteiger partial charge in [0.05, 0.1) is 0 Å². The van der Waals surface area contributed by atoms with Gasteiger partial charge in [0.15, 0.2) is 0 Å². The van der Waals surface area contributed by atoms with Crippen LogP contribution in [0, 0.1) is 24.1 Å². The minimum absolute atomic E-state index is 0.210. The van der Waals surface area contributed by atoms with Gasteiger partial charge < -0.3 is 5.32 Å². The number of H-pyrrole nitrogens is 1. The van der Waals surface area contributed by atoms with Crippen molar-refractivity contribution in [2.45, 2.75) is 6.92 Å². The Kier molecular flexibility index (Phi) is 4.29. The number of anilines is 1. The third-order valence-corrected chi connectivity index (χ3v) is 3.46. The number of halogens is 1. The Morgan fingerprint density at radius 1 is 1.25 bits per heavy atom. The van der Waals surface area contributed by atoms with E-state index in [9.17, 15) is 4.39 Å². The Morgan fingerprint density at radius 2 is 2.08 bits per heavy atom. The second-order valence-corrected chi connectivity index (χ2v) is 5.09. The van der Waals surface area contributed by atoms with Crippen LogP contribution in [0.3, 0.4) is 0 Å². The van der Waals surface area contributed by atoms with Crippen molar-refractivity contribution >= 4 is 11.3 Å². The molecule has 3 aromatic rings. The highest BCUT2D eigenvalue weighted by Gasteiger charge is 2.06. The van der Waals surface area contributed by atoms with Gasteiger partial charge in [-0.3, -0.25) is 0 Å². The Bertz CT molecular complexity index is 925. The number of rotatable bonds is 4. The minimum atomic E-state index is -0.241. The summed E-state index contributed by atoms with van der Waals surface area (Å²) < 4.78 is 13.7. The van der Waals surface area contributed by atoms with Crippen LogP contribution in [0.5, 0.6) is 0 Å². The standard InChI is InChI=1S/C17H13FN6/c1-11-5-6-13(8-16(11)18)12-3-2-4-15(7-12)20-10-14(9-19)17-21-23-24-22-17/h2-8,10,20H,1H3,(H,21,22,23,24). The molecule has 118 valence electrons. The molecule has 0 bridgehead atoms. The van der Waals surface area contributed by atoms with E-state index in [-0.39, 0.29) is 17.2 Å². The number of nitrogens with zero attached hydrogens (tertiary/aromatic N) is 4. The number of tetrazole rings is 1. The third-order valence-electron chi connectivity index (χ3n) is 3.46. The molecule has 2 N–H and O–H groups in total. The van der Waals surface area contributed by atoms with E-state index in [0.29, 0.717) is 5.56 Å². The minimum Gasteiger partial charge on any atom is -0.360 e. The summed E-state index contributed by atoms with van der Waals surface area (Å²) in [7, 11) is 0. The Labute approximate surface area is 137 Å². The van der Waals surface area contributed by atoms with Crippen LogP contribution in [-0.4, -0.2) is 20.6 Å². The molecule has 2 aromatic carbocycles. The topological polar surface area (TPSA) is 90.3 Å². The van der Waals surface area contributed by atoms with Gasteiger partial charge in [-0.1, -0.05) is 24.3 Å². The number of hydrogen-bond donors (Lipinski definition) is 2. The highest BCUT2D eigenvalue weighted by atomic mass is 19.1. The molecule has 24 heavy (non-hydrogen) atoms. The van der Waals surface area contributed by atoms with E-state index in [4.69, 9.17) is 5.26 Å². The first kappa shape index (κ1) is 15.4. The summed E-state index contributed by atoms with van der Waals surface area (Å²) in [6.45, 7) is 1.73. The molecule has 1 heterocycles. The predicted molar refractivity (Wildman–Crippen MR) is 88.0 cm³/mol. The maximum Gasteiger partial charge on any atom is 0.216 e. The zero-order valence-electron chi connectivity index (χ0n) is 12.8. The van der Waals surface area contributed by atoms with Crippen LogP contribution in [0.4, 0.5) is 10.1 Å². The number of aromatic nitrogens is 4. The average Bonchev–Trinajstić information content (AvgIpc) is 3.13. The van der Waals surface area contributed by atoms with Crippen molar-refractivity contribution < 1.29 is 4.39 Å². The first-order valence-corrected chi connectivity index (χ1v) is 7.14. The van der Waals surface area contributed by atoms with Crippen molar-refractivity contribution in [1.82, 2.24) is 20.6 Å². The summed E-state index contributed by atoms with van der Waals surface area (Å²) in [5, 5.41) is 25.4. The third kappa shape index (κ3) is 3.28. The highest BCUT2D eigenvalue weighted by Crippen LogP contribution is 2.24. The molecular formula is C17H13FN6. The van der Waals surface area contributed by atoms with Gasteiger partial charge in [-0.25, -0.2) is 4.39 Å². The van der Waals surface area contributed by atoms with E-state index in [2.05, 4.69) is 25.9 Å². The van der Waals surface area contributed by atoms with Crippen LogP contribution in [0.25, 0.3) is 16.7 Å². The summed E-state index contributed by atoms with van der Waals surface area (Å²) in [4.78, 5) is 0. The number of aromatic amines is 1. The second-order valence-electron chi connectivity index (χ2n) is 5.09. The zero-order chi connectivity index (χ0) is 16.9. The number of aryl methyl sites for hydroxylation is 1. The molecule has 7 heteroatoms. The van der Waals surface area contributed by atoms with E-state index in [1.807, 2.05) is 36.4 Å². The van der Waals surface area contributed by atoms with Crippen molar-refractivity contribution in [1.29, 1.82) is 5.26 Å². The van der Waals surface area contributed by atoms with Gasteiger partial charge in [-0.05, 0) is 47.0 Å². The first-order chi connectivity index (χ1) is 11.7. The molecule has 0 aliphatic carbocycles.